The second-order valence-corrected chi connectivity index (χ2v) is 11.8. The topological polar surface area (TPSA) is 224 Å². The minimum atomic E-state index is -1.25. The minimum absolute atomic E-state index is 0.000633. The van der Waals surface area contributed by atoms with Crippen LogP contribution in [0.2, 0.25) is 0 Å². The average molecular weight is 604 g/mol. The summed E-state index contributed by atoms with van der Waals surface area (Å²) in [7, 11) is 0. The number of carbonyl (C=O) groups excluding carboxylic acids is 6. The van der Waals surface area contributed by atoms with Gasteiger partial charge in [0.15, 0.2) is 0 Å². The third-order valence-electron chi connectivity index (χ3n) is 5.09. The molecule has 0 saturated carbocycles. The molecular formula is C27H49N5O10. The normalized spacial score (nSPS) is 14.4. The average Bonchev–Trinajstić information content (AvgIpc) is 2.80. The molecule has 0 aliphatic heterocycles. The second-order valence-electron chi connectivity index (χ2n) is 11.8. The molecule has 4 amide bonds. The van der Waals surface area contributed by atoms with Gasteiger partial charge in [-0.3, -0.25) is 19.2 Å². The molecule has 0 fully saturated rings. The van der Waals surface area contributed by atoms with Crippen LogP contribution in [0.15, 0.2) is 0 Å². The van der Waals surface area contributed by atoms with Crippen LogP contribution < -0.4 is 27.0 Å². The van der Waals surface area contributed by atoms with Crippen LogP contribution in [0.25, 0.3) is 0 Å². The first kappa shape index (κ1) is 38.5. The number of primary amides is 1. The summed E-state index contributed by atoms with van der Waals surface area (Å²) in [5.74, 6) is -3.17. The maximum absolute atomic E-state index is 12.6. The number of esters is 2. The van der Waals surface area contributed by atoms with Crippen molar-refractivity contribution in [3.8, 4) is 0 Å². The first-order chi connectivity index (χ1) is 19.2. The number of nitrogens with one attached hydrogen (secondary N) is 4. The zero-order chi connectivity index (χ0) is 32.7. The van der Waals surface area contributed by atoms with Gasteiger partial charge in [0.05, 0.1) is 12.5 Å². The Kier molecular flexibility index (Phi) is 16.7. The summed E-state index contributed by atoms with van der Waals surface area (Å²) < 4.78 is 15.8. The molecule has 15 nitrogen and oxygen atoms in total. The smallest absolute Gasteiger partial charge is 0.408 e. The summed E-state index contributed by atoms with van der Waals surface area (Å²) >= 11 is 0. The van der Waals surface area contributed by atoms with Gasteiger partial charge in [-0.2, -0.15) is 0 Å². The van der Waals surface area contributed by atoms with Gasteiger partial charge in [0.1, 0.15) is 29.4 Å². The maximum Gasteiger partial charge on any atom is 0.408 e. The predicted molar refractivity (Wildman–Crippen MR) is 152 cm³/mol. The fourth-order valence-electron chi connectivity index (χ4n) is 3.25. The van der Waals surface area contributed by atoms with Gasteiger partial charge in [-0.15, -0.1) is 0 Å². The van der Waals surface area contributed by atoms with E-state index in [2.05, 4.69) is 21.3 Å². The highest BCUT2D eigenvalue weighted by molar-refractivity contribution is 5.88. The van der Waals surface area contributed by atoms with E-state index in [0.717, 1.165) is 0 Å². The van der Waals surface area contributed by atoms with Gasteiger partial charge in [0, 0.05) is 32.5 Å². The Morgan fingerprint density at radius 3 is 1.93 bits per heavy atom. The molecule has 0 aliphatic carbocycles. The van der Waals surface area contributed by atoms with E-state index in [4.69, 9.17) is 19.9 Å². The molecule has 242 valence electrons. The Morgan fingerprint density at radius 1 is 0.810 bits per heavy atom. The summed E-state index contributed by atoms with van der Waals surface area (Å²) in [6, 6.07) is -2.33. The molecule has 0 aromatic rings. The standard InChI is InChI=1S/C27H49N5O10/c1-16(40-21(36)12-11-20(35)32-22(17(2)33)23(28)37)15-29-13-14-30-19(34)10-9-18(24(38)41-26(3,4)5)31-25(39)42-27(6,7)8/h16-18,22,29,33H,9-15H2,1-8H3,(H2,28,37)(H,30,34)(H,31,39)(H,32,35)/t16?,17-,18+,22+/m1/s1. The van der Waals surface area contributed by atoms with Crippen molar-refractivity contribution >= 4 is 35.8 Å². The molecule has 0 radical (unpaired) electrons. The fraction of sp³-hybridized carbons (Fsp3) is 0.778. The van der Waals surface area contributed by atoms with Crippen LogP contribution in [0.3, 0.4) is 0 Å². The molecule has 0 bridgehead atoms. The monoisotopic (exact) mass is 603 g/mol. The van der Waals surface area contributed by atoms with E-state index in [-0.39, 0.29) is 44.7 Å². The Morgan fingerprint density at radius 2 is 1.40 bits per heavy atom. The molecule has 15 heteroatoms. The Hall–Kier alpha value is -3.46. The van der Waals surface area contributed by atoms with E-state index in [1.165, 1.54) is 6.92 Å². The number of amides is 4. The van der Waals surface area contributed by atoms with E-state index in [9.17, 15) is 33.9 Å². The Labute approximate surface area is 247 Å². The molecule has 42 heavy (non-hydrogen) atoms. The van der Waals surface area contributed by atoms with Gasteiger partial charge in [0.25, 0.3) is 0 Å². The fourth-order valence-corrected chi connectivity index (χ4v) is 3.25. The van der Waals surface area contributed by atoms with Gasteiger partial charge in [-0.25, -0.2) is 9.59 Å². The van der Waals surface area contributed by atoms with Crippen molar-refractivity contribution < 1.29 is 48.1 Å². The summed E-state index contributed by atoms with van der Waals surface area (Å²) in [6.07, 6.45) is -3.03. The number of hydrogen-bond acceptors (Lipinski definition) is 11. The number of aliphatic hydroxyl groups excluding tert-OH is 1. The quantitative estimate of drug-likeness (QED) is 0.0723. The predicted octanol–water partition coefficient (Wildman–Crippen LogP) is -0.230. The third-order valence-corrected chi connectivity index (χ3v) is 5.09. The van der Waals surface area contributed by atoms with E-state index < -0.39 is 65.3 Å². The van der Waals surface area contributed by atoms with Crippen molar-refractivity contribution in [3.05, 3.63) is 0 Å². The lowest BCUT2D eigenvalue weighted by atomic mass is 10.1. The largest absolute Gasteiger partial charge is 0.461 e. The summed E-state index contributed by atoms with van der Waals surface area (Å²) in [4.78, 5) is 72.1. The molecule has 0 rings (SSSR count). The molecule has 0 heterocycles. The molecule has 4 atom stereocenters. The minimum Gasteiger partial charge on any atom is -0.461 e. The van der Waals surface area contributed by atoms with Gasteiger partial charge in [-0.1, -0.05) is 0 Å². The van der Waals surface area contributed by atoms with Crippen molar-refractivity contribution in [1.29, 1.82) is 0 Å². The van der Waals surface area contributed by atoms with Crippen LogP contribution in [0.1, 0.15) is 81.1 Å². The molecule has 0 aliphatic rings. The van der Waals surface area contributed by atoms with Crippen LogP contribution in [0, 0.1) is 0 Å². The van der Waals surface area contributed by atoms with Gasteiger partial charge < -0.3 is 46.3 Å². The summed E-state index contributed by atoms with van der Waals surface area (Å²) in [5, 5.41) is 19.9. The van der Waals surface area contributed by atoms with E-state index in [1.807, 2.05) is 0 Å². The summed E-state index contributed by atoms with van der Waals surface area (Å²) in [5.41, 5.74) is 3.56. The van der Waals surface area contributed by atoms with E-state index in [0.29, 0.717) is 6.54 Å². The maximum atomic E-state index is 12.6. The molecule has 0 spiro atoms. The lowest BCUT2D eigenvalue weighted by Crippen LogP contribution is -2.50. The SMILES string of the molecule is CC(CNCCNC(=O)CC[C@H](NC(=O)OC(C)(C)C)C(=O)OC(C)(C)C)OC(=O)CCC(=O)N[C@H](C(N)=O)[C@@H](C)O. The number of ether oxygens (including phenoxy) is 3. The highest BCUT2D eigenvalue weighted by Crippen LogP contribution is 2.12. The van der Waals surface area contributed by atoms with Gasteiger partial charge >= 0.3 is 18.0 Å². The zero-order valence-corrected chi connectivity index (χ0v) is 26.0. The molecule has 0 saturated heterocycles. The first-order valence-corrected chi connectivity index (χ1v) is 13.9. The van der Waals surface area contributed by atoms with E-state index >= 15 is 0 Å². The van der Waals surface area contributed by atoms with Crippen LogP contribution >= 0.6 is 0 Å². The van der Waals surface area contributed by atoms with Gasteiger partial charge in [-0.05, 0) is 61.8 Å². The van der Waals surface area contributed by atoms with Crippen LogP contribution in [-0.4, -0.2) is 96.0 Å². The van der Waals surface area contributed by atoms with Crippen molar-refractivity contribution in [2.75, 3.05) is 19.6 Å². The van der Waals surface area contributed by atoms with Crippen LogP contribution in [0.5, 0.6) is 0 Å². The number of aliphatic hydroxyl groups is 1. The summed E-state index contributed by atoms with van der Waals surface area (Å²) in [6.45, 7) is 14.0. The molecule has 0 aromatic heterocycles. The number of alkyl carbamates (subject to hydrolysis) is 1. The lowest BCUT2D eigenvalue weighted by molar-refractivity contribution is -0.157. The first-order valence-electron chi connectivity index (χ1n) is 13.9. The van der Waals surface area contributed by atoms with Crippen molar-refractivity contribution in [3.63, 3.8) is 0 Å². The Balaban J connectivity index is 4.43. The van der Waals surface area contributed by atoms with Crippen molar-refractivity contribution in [2.24, 2.45) is 5.73 Å². The number of hydrogen-bond donors (Lipinski definition) is 6. The van der Waals surface area contributed by atoms with Gasteiger partial charge in [0.2, 0.25) is 17.7 Å². The third kappa shape index (κ3) is 19.6. The number of carbonyl (C=O) groups is 6. The van der Waals surface area contributed by atoms with Crippen LogP contribution in [0.4, 0.5) is 4.79 Å². The van der Waals surface area contributed by atoms with Crippen molar-refractivity contribution in [1.82, 2.24) is 21.3 Å². The highest BCUT2D eigenvalue weighted by Gasteiger charge is 2.29. The van der Waals surface area contributed by atoms with Crippen molar-refractivity contribution in [2.45, 2.75) is 117 Å². The van der Waals surface area contributed by atoms with Crippen LogP contribution in [-0.2, 0) is 38.2 Å². The highest BCUT2D eigenvalue weighted by atomic mass is 16.6. The zero-order valence-electron chi connectivity index (χ0n) is 26.0. The molecule has 1 unspecified atom stereocenters. The van der Waals surface area contributed by atoms with E-state index in [1.54, 1.807) is 48.5 Å². The lowest BCUT2D eigenvalue weighted by Gasteiger charge is -2.26. The molecule has 7 N–H and O–H groups in total. The molecular weight excluding hydrogens is 554 g/mol. The molecule has 0 aromatic carbocycles. The number of rotatable bonds is 17. The number of nitrogens with two attached hydrogens (primary N) is 1. The Bertz CT molecular complexity index is 927. The second kappa shape index (κ2) is 18.2.